The number of rotatable bonds is 8. The number of nitrogens with zero attached hydrogens (tertiary/aromatic N) is 1. The van der Waals surface area contributed by atoms with Gasteiger partial charge in [-0.2, -0.15) is 0 Å². The average Bonchev–Trinajstić information content (AvgIpc) is 3.17. The van der Waals surface area contributed by atoms with Crippen molar-refractivity contribution in [2.24, 2.45) is 0 Å². The first-order valence-electron chi connectivity index (χ1n) is 11.5. The number of nitrogens with one attached hydrogen (secondary N) is 2. The van der Waals surface area contributed by atoms with E-state index >= 15 is 0 Å². The quantitative estimate of drug-likeness (QED) is 0.262. The molecule has 3 aromatic carbocycles. The van der Waals surface area contributed by atoms with Crippen LogP contribution in [0.1, 0.15) is 58.7 Å². The SMILES string of the molecule is CCOC(=O)c1ccc2c(C(=O)NNc3ccccc3)c(C(C)C)n(Cc3ccccc3)c2c1. The van der Waals surface area contributed by atoms with Crippen LogP contribution in [0.3, 0.4) is 0 Å². The largest absolute Gasteiger partial charge is 0.462 e. The molecule has 0 saturated carbocycles. The van der Waals surface area contributed by atoms with Crippen molar-refractivity contribution < 1.29 is 14.3 Å². The molecular weight excluding hydrogens is 426 g/mol. The molecule has 174 valence electrons. The summed E-state index contributed by atoms with van der Waals surface area (Å²) in [5, 5.41) is 0.792. The number of fused-ring (bicyclic) bond motifs is 1. The lowest BCUT2D eigenvalue weighted by Crippen LogP contribution is -2.30. The van der Waals surface area contributed by atoms with Crippen molar-refractivity contribution in [1.82, 2.24) is 9.99 Å². The van der Waals surface area contributed by atoms with Gasteiger partial charge in [0.25, 0.3) is 5.91 Å². The average molecular weight is 456 g/mol. The minimum atomic E-state index is -0.375. The highest BCUT2D eigenvalue weighted by atomic mass is 16.5. The molecule has 0 aliphatic heterocycles. The molecule has 4 rings (SSSR count). The highest BCUT2D eigenvalue weighted by Crippen LogP contribution is 2.33. The third-order valence-electron chi connectivity index (χ3n) is 5.67. The number of anilines is 1. The molecule has 1 amide bonds. The van der Waals surface area contributed by atoms with Crippen molar-refractivity contribution in [2.75, 3.05) is 12.0 Å². The number of hydrogen-bond acceptors (Lipinski definition) is 4. The number of aromatic nitrogens is 1. The second-order valence-electron chi connectivity index (χ2n) is 8.38. The zero-order chi connectivity index (χ0) is 24.1. The molecule has 0 radical (unpaired) electrons. The molecule has 0 aliphatic rings. The first-order valence-corrected chi connectivity index (χ1v) is 11.5. The minimum Gasteiger partial charge on any atom is -0.462 e. The van der Waals surface area contributed by atoms with Gasteiger partial charge in [-0.1, -0.05) is 68.4 Å². The van der Waals surface area contributed by atoms with Crippen LogP contribution >= 0.6 is 0 Å². The van der Waals surface area contributed by atoms with Crippen LogP contribution in [0.15, 0.2) is 78.9 Å². The molecule has 0 saturated heterocycles. The third kappa shape index (κ3) is 4.81. The first-order chi connectivity index (χ1) is 16.5. The Hall–Kier alpha value is -4.06. The number of ether oxygens (including phenoxy) is 1. The monoisotopic (exact) mass is 455 g/mol. The molecule has 0 aliphatic carbocycles. The summed E-state index contributed by atoms with van der Waals surface area (Å²) in [6.45, 7) is 6.81. The fourth-order valence-corrected chi connectivity index (χ4v) is 4.20. The van der Waals surface area contributed by atoms with Gasteiger partial charge in [-0.15, -0.1) is 0 Å². The molecule has 2 N–H and O–H groups in total. The van der Waals surface area contributed by atoms with Gasteiger partial charge >= 0.3 is 5.97 Å². The number of hydrogen-bond donors (Lipinski definition) is 2. The topological polar surface area (TPSA) is 72.4 Å². The molecule has 6 heteroatoms. The molecule has 0 fully saturated rings. The number of benzene rings is 3. The van der Waals surface area contributed by atoms with Crippen LogP contribution in [0.4, 0.5) is 5.69 Å². The number of amides is 1. The van der Waals surface area contributed by atoms with Crippen molar-refractivity contribution >= 4 is 28.5 Å². The van der Waals surface area contributed by atoms with Crippen molar-refractivity contribution in [3.63, 3.8) is 0 Å². The summed E-state index contributed by atoms with van der Waals surface area (Å²) < 4.78 is 7.35. The summed E-state index contributed by atoms with van der Waals surface area (Å²) in [4.78, 5) is 25.9. The molecule has 34 heavy (non-hydrogen) atoms. The lowest BCUT2D eigenvalue weighted by atomic mass is 10.0. The van der Waals surface area contributed by atoms with Crippen LogP contribution < -0.4 is 10.9 Å². The predicted molar refractivity (Wildman–Crippen MR) is 135 cm³/mol. The standard InChI is InChI=1S/C28H29N3O3/c1-4-34-28(33)21-15-16-23-24(17-21)31(18-20-11-7-5-8-12-20)26(19(2)3)25(23)27(32)30-29-22-13-9-6-10-14-22/h5-17,19,29H,4,18H2,1-3H3,(H,30,32). The van der Waals surface area contributed by atoms with E-state index in [0.29, 0.717) is 24.3 Å². The number of hydrazine groups is 1. The van der Waals surface area contributed by atoms with E-state index in [-0.39, 0.29) is 17.8 Å². The van der Waals surface area contributed by atoms with Crippen molar-refractivity contribution in [2.45, 2.75) is 33.2 Å². The van der Waals surface area contributed by atoms with Gasteiger partial charge in [0.2, 0.25) is 0 Å². The molecule has 6 nitrogen and oxygen atoms in total. The van der Waals surface area contributed by atoms with Crippen molar-refractivity contribution in [3.8, 4) is 0 Å². The van der Waals surface area contributed by atoms with Crippen LogP contribution in [-0.2, 0) is 11.3 Å². The maximum atomic E-state index is 13.5. The van der Waals surface area contributed by atoms with Gasteiger partial charge in [-0.25, -0.2) is 4.79 Å². The lowest BCUT2D eigenvalue weighted by molar-refractivity contribution is 0.0526. The van der Waals surface area contributed by atoms with Crippen molar-refractivity contribution in [3.05, 3.63) is 101 Å². The van der Waals surface area contributed by atoms with E-state index in [1.165, 1.54) is 0 Å². The Morgan fingerprint density at radius 1 is 0.941 bits per heavy atom. The number of carbonyl (C=O) groups is 2. The Morgan fingerprint density at radius 3 is 2.26 bits per heavy atom. The molecule has 4 aromatic rings. The smallest absolute Gasteiger partial charge is 0.338 e. The third-order valence-corrected chi connectivity index (χ3v) is 5.67. The summed E-state index contributed by atoms with van der Waals surface area (Å²) >= 11 is 0. The molecule has 1 heterocycles. The minimum absolute atomic E-state index is 0.0691. The normalized spacial score (nSPS) is 10.9. The Bertz CT molecular complexity index is 1290. The van der Waals surface area contributed by atoms with Gasteiger partial charge in [0, 0.05) is 17.6 Å². The molecule has 0 bridgehead atoms. The van der Waals surface area contributed by atoms with E-state index in [1.54, 1.807) is 13.0 Å². The Labute approximate surface area is 199 Å². The maximum Gasteiger partial charge on any atom is 0.338 e. The lowest BCUT2D eigenvalue weighted by Gasteiger charge is -2.16. The van der Waals surface area contributed by atoms with Crippen LogP contribution in [-0.4, -0.2) is 23.1 Å². The summed E-state index contributed by atoms with van der Waals surface area (Å²) in [7, 11) is 0. The van der Waals surface area contributed by atoms with Crippen LogP contribution in [0.5, 0.6) is 0 Å². The van der Waals surface area contributed by atoms with Gasteiger partial charge in [0.1, 0.15) is 0 Å². The number of esters is 1. The number of carbonyl (C=O) groups excluding carboxylic acids is 2. The molecule has 1 aromatic heterocycles. The summed E-state index contributed by atoms with van der Waals surface area (Å²) in [5.74, 6) is -0.535. The Balaban J connectivity index is 1.83. The second-order valence-corrected chi connectivity index (χ2v) is 8.38. The fraction of sp³-hybridized carbons (Fsp3) is 0.214. The van der Waals surface area contributed by atoms with E-state index in [2.05, 4.69) is 41.4 Å². The first kappa shape index (κ1) is 23.1. The second kappa shape index (κ2) is 10.3. The Kier molecular flexibility index (Phi) is 6.97. The highest BCUT2D eigenvalue weighted by Gasteiger charge is 2.25. The van der Waals surface area contributed by atoms with Gasteiger partial charge in [0.05, 0.1) is 28.9 Å². The summed E-state index contributed by atoms with van der Waals surface area (Å²) in [6.07, 6.45) is 0. The van der Waals surface area contributed by atoms with Crippen LogP contribution in [0, 0.1) is 0 Å². The zero-order valence-corrected chi connectivity index (χ0v) is 19.7. The zero-order valence-electron chi connectivity index (χ0n) is 19.7. The van der Waals surface area contributed by atoms with Gasteiger partial charge in [0.15, 0.2) is 0 Å². The van der Waals surface area contributed by atoms with Gasteiger partial charge in [-0.05, 0) is 42.7 Å². The van der Waals surface area contributed by atoms with E-state index in [1.807, 2.05) is 60.7 Å². The molecule has 0 spiro atoms. The van der Waals surface area contributed by atoms with E-state index < -0.39 is 0 Å². The Morgan fingerprint density at radius 2 is 1.62 bits per heavy atom. The van der Waals surface area contributed by atoms with Crippen LogP contribution in [0.25, 0.3) is 10.9 Å². The van der Waals surface area contributed by atoms with Crippen molar-refractivity contribution in [1.29, 1.82) is 0 Å². The van der Waals surface area contributed by atoms with E-state index in [9.17, 15) is 9.59 Å². The predicted octanol–water partition coefficient (Wildman–Crippen LogP) is 5.75. The maximum absolute atomic E-state index is 13.5. The summed E-state index contributed by atoms with van der Waals surface area (Å²) in [6, 6.07) is 25.0. The van der Waals surface area contributed by atoms with E-state index in [4.69, 9.17) is 4.74 Å². The molecule has 0 unspecified atom stereocenters. The molecular formula is C28H29N3O3. The fourth-order valence-electron chi connectivity index (χ4n) is 4.20. The summed E-state index contributed by atoms with van der Waals surface area (Å²) in [5.41, 5.74) is 10.5. The van der Waals surface area contributed by atoms with Gasteiger partial charge in [-0.3, -0.25) is 15.6 Å². The number of para-hydroxylation sites is 1. The highest BCUT2D eigenvalue weighted by molar-refractivity contribution is 6.10. The van der Waals surface area contributed by atoms with Gasteiger partial charge < -0.3 is 9.30 Å². The molecule has 0 atom stereocenters. The van der Waals surface area contributed by atoms with E-state index in [0.717, 1.165) is 27.8 Å². The van der Waals surface area contributed by atoms with Crippen LogP contribution in [0.2, 0.25) is 0 Å².